The maximum Gasteiger partial charge on any atom is 0.412 e. The van der Waals surface area contributed by atoms with E-state index in [1.165, 1.54) is 0 Å². The Hall–Kier alpha value is -2.97. The number of ether oxygens (including phenoxy) is 2. The minimum atomic E-state index is -0.990. The maximum absolute atomic E-state index is 12.6. The first kappa shape index (κ1) is 25.3. The summed E-state index contributed by atoms with van der Waals surface area (Å²) < 4.78 is 11.2. The monoisotopic (exact) mass is 459 g/mol. The Morgan fingerprint density at radius 3 is 2.41 bits per heavy atom. The van der Waals surface area contributed by atoms with Gasteiger partial charge in [0.15, 0.2) is 0 Å². The highest BCUT2D eigenvalue weighted by Crippen LogP contribution is 2.31. The third kappa shape index (κ3) is 8.64. The summed E-state index contributed by atoms with van der Waals surface area (Å²) in [7, 11) is 0. The normalized spacial score (nSPS) is 12.8. The molecule has 2 aromatic carbocycles. The van der Waals surface area contributed by atoms with Gasteiger partial charge in [-0.3, -0.25) is 5.32 Å². The van der Waals surface area contributed by atoms with Crippen molar-refractivity contribution in [3.63, 3.8) is 0 Å². The van der Waals surface area contributed by atoms with Gasteiger partial charge in [-0.25, -0.2) is 9.59 Å². The van der Waals surface area contributed by atoms with E-state index in [0.29, 0.717) is 24.3 Å². The first-order valence-corrected chi connectivity index (χ1v) is 11.5. The number of aliphatic hydroxyl groups is 1. The van der Waals surface area contributed by atoms with Crippen molar-refractivity contribution >= 4 is 29.5 Å². The van der Waals surface area contributed by atoms with Crippen LogP contribution < -0.4 is 10.1 Å². The summed E-state index contributed by atoms with van der Waals surface area (Å²) in [4.78, 5) is 24.4. The second-order valence-electron chi connectivity index (χ2n) is 7.12. The summed E-state index contributed by atoms with van der Waals surface area (Å²) >= 11 is 1.61. The molecule has 0 spiro atoms. The van der Waals surface area contributed by atoms with Gasteiger partial charge in [0.1, 0.15) is 18.5 Å². The zero-order chi connectivity index (χ0) is 23.3. The number of nitrogens with one attached hydrogen (secondary N) is 1. The molecule has 2 rings (SSSR count). The van der Waals surface area contributed by atoms with Gasteiger partial charge in [-0.2, -0.15) is 0 Å². The van der Waals surface area contributed by atoms with Gasteiger partial charge in [0.25, 0.3) is 0 Å². The van der Waals surface area contributed by atoms with Crippen LogP contribution in [0.15, 0.2) is 65.6 Å². The van der Waals surface area contributed by atoms with Crippen molar-refractivity contribution in [1.82, 2.24) is 0 Å². The van der Waals surface area contributed by atoms with Crippen LogP contribution in [0.4, 0.5) is 10.5 Å². The molecule has 2 aromatic rings. The van der Waals surface area contributed by atoms with E-state index >= 15 is 0 Å². The van der Waals surface area contributed by atoms with E-state index in [0.717, 1.165) is 16.5 Å². The Morgan fingerprint density at radius 2 is 1.81 bits per heavy atom. The quantitative estimate of drug-likeness (QED) is 0.299. The number of aliphatic hydroxyl groups excluding tert-OH is 1. The molecule has 8 heteroatoms. The number of anilines is 1. The molecule has 0 aliphatic heterocycles. The van der Waals surface area contributed by atoms with Crippen LogP contribution in [0.1, 0.15) is 31.4 Å². The Morgan fingerprint density at radius 1 is 1.12 bits per heavy atom. The van der Waals surface area contributed by atoms with E-state index in [4.69, 9.17) is 19.7 Å². The van der Waals surface area contributed by atoms with Gasteiger partial charge in [-0.15, -0.1) is 11.8 Å². The molecule has 0 unspecified atom stereocenters. The Labute approximate surface area is 192 Å². The van der Waals surface area contributed by atoms with Crippen LogP contribution in [-0.4, -0.2) is 41.7 Å². The molecule has 7 nitrogen and oxygen atoms in total. The highest BCUT2D eigenvalue weighted by Gasteiger charge is 2.23. The van der Waals surface area contributed by atoms with Gasteiger partial charge in [0.2, 0.25) is 0 Å². The van der Waals surface area contributed by atoms with Crippen molar-refractivity contribution in [3.05, 3.63) is 66.2 Å². The molecule has 1 amide bonds. The summed E-state index contributed by atoms with van der Waals surface area (Å²) in [5.74, 6) is -0.449. The molecule has 0 saturated carbocycles. The zero-order valence-corrected chi connectivity index (χ0v) is 19.0. The second-order valence-corrected chi connectivity index (χ2v) is 8.00. The fraction of sp³-hybridized carbons (Fsp3) is 0.333. The molecular formula is C24H29NO6S. The van der Waals surface area contributed by atoms with Crippen molar-refractivity contribution in [1.29, 1.82) is 0 Å². The van der Waals surface area contributed by atoms with Crippen molar-refractivity contribution in [2.75, 3.05) is 24.8 Å². The molecule has 2 atom stereocenters. The lowest BCUT2D eigenvalue weighted by Crippen LogP contribution is -2.22. The Kier molecular flexibility index (Phi) is 10.6. The molecule has 0 fully saturated rings. The number of allylic oxidation sites excluding steroid dienone is 1. The van der Waals surface area contributed by atoms with Gasteiger partial charge in [0, 0.05) is 16.7 Å². The Bertz CT molecular complexity index is 882. The number of hydrogen-bond donors (Lipinski definition) is 3. The number of carboxylic acids is 1. The van der Waals surface area contributed by atoms with E-state index in [-0.39, 0.29) is 19.1 Å². The molecule has 0 saturated heterocycles. The number of thioether (sulfide) groups is 1. The summed E-state index contributed by atoms with van der Waals surface area (Å²) in [6.07, 6.45) is 4.76. The van der Waals surface area contributed by atoms with Crippen LogP contribution >= 0.6 is 11.8 Å². The van der Waals surface area contributed by atoms with Gasteiger partial charge >= 0.3 is 12.1 Å². The zero-order valence-electron chi connectivity index (χ0n) is 18.2. The van der Waals surface area contributed by atoms with Crippen molar-refractivity contribution in [3.8, 4) is 5.75 Å². The van der Waals surface area contributed by atoms with Crippen LogP contribution in [-0.2, 0) is 9.53 Å². The predicted octanol–water partition coefficient (Wildman–Crippen LogP) is 5.13. The minimum Gasteiger partial charge on any atom is -0.491 e. The summed E-state index contributed by atoms with van der Waals surface area (Å²) in [5, 5.41) is 20.4. The van der Waals surface area contributed by atoms with E-state index in [9.17, 15) is 9.59 Å². The first-order valence-electron chi connectivity index (χ1n) is 10.3. The van der Waals surface area contributed by atoms with Gasteiger partial charge in [-0.05, 0) is 67.0 Å². The molecule has 0 heterocycles. The fourth-order valence-electron chi connectivity index (χ4n) is 3.06. The highest BCUT2D eigenvalue weighted by molar-refractivity contribution is 7.98. The SMILES string of the molecule is CSc1ccc(NC(=O)O[C@H](c2ccc(OCCO)cc2)[C@H](C)CC/C=C/C(=O)O)cc1. The molecule has 0 aromatic heterocycles. The number of aliphatic carboxylic acids is 1. The van der Waals surface area contributed by atoms with Crippen molar-refractivity contribution < 1.29 is 29.3 Å². The van der Waals surface area contributed by atoms with Crippen molar-refractivity contribution in [2.24, 2.45) is 5.92 Å². The first-order chi connectivity index (χ1) is 15.4. The largest absolute Gasteiger partial charge is 0.491 e. The molecular weight excluding hydrogens is 430 g/mol. The lowest BCUT2D eigenvalue weighted by molar-refractivity contribution is -0.131. The van der Waals surface area contributed by atoms with E-state index < -0.39 is 18.2 Å². The molecule has 0 aliphatic rings. The standard InChI is InChI=1S/C24H29NO6S/c1-17(5-3-4-6-22(27)28)23(18-7-11-20(12-8-18)30-16-15-26)31-24(29)25-19-9-13-21(32-2)14-10-19/h4,6-14,17,23,26H,3,5,15-16H2,1-2H3,(H,25,29)(H,27,28)/b6-4+/t17-,23+/m1/s1. The third-order valence-electron chi connectivity index (χ3n) is 4.71. The number of benzene rings is 2. The van der Waals surface area contributed by atoms with Crippen LogP contribution in [0.5, 0.6) is 5.75 Å². The third-order valence-corrected chi connectivity index (χ3v) is 5.45. The van der Waals surface area contributed by atoms with Gasteiger partial charge in [0.05, 0.1) is 6.61 Å². The average Bonchev–Trinajstić information content (AvgIpc) is 2.79. The number of hydrogen-bond acceptors (Lipinski definition) is 6. The number of carboxylic acid groups (broad SMARTS) is 1. The second kappa shape index (κ2) is 13.4. The number of carbonyl (C=O) groups excluding carboxylic acids is 1. The van der Waals surface area contributed by atoms with E-state index in [2.05, 4.69) is 5.32 Å². The molecule has 172 valence electrons. The van der Waals surface area contributed by atoms with Crippen LogP contribution in [0.3, 0.4) is 0 Å². The predicted molar refractivity (Wildman–Crippen MR) is 125 cm³/mol. The average molecular weight is 460 g/mol. The number of carbonyl (C=O) groups is 2. The molecule has 3 N–H and O–H groups in total. The van der Waals surface area contributed by atoms with Gasteiger partial charge < -0.3 is 19.7 Å². The van der Waals surface area contributed by atoms with Crippen molar-refractivity contribution in [2.45, 2.75) is 30.8 Å². The smallest absolute Gasteiger partial charge is 0.412 e. The van der Waals surface area contributed by atoms with Crippen LogP contribution in [0.2, 0.25) is 0 Å². The molecule has 0 radical (unpaired) electrons. The maximum atomic E-state index is 12.6. The summed E-state index contributed by atoms with van der Waals surface area (Å²) in [6.45, 7) is 2.08. The Balaban J connectivity index is 2.10. The van der Waals surface area contributed by atoms with E-state index in [1.54, 1.807) is 30.0 Å². The highest BCUT2D eigenvalue weighted by atomic mass is 32.2. The van der Waals surface area contributed by atoms with Crippen LogP contribution in [0, 0.1) is 5.92 Å². The lowest BCUT2D eigenvalue weighted by atomic mass is 9.93. The molecule has 32 heavy (non-hydrogen) atoms. The summed E-state index contributed by atoms with van der Waals surface area (Å²) in [5.41, 5.74) is 1.43. The fourth-order valence-corrected chi connectivity index (χ4v) is 3.47. The minimum absolute atomic E-state index is 0.0673. The molecule has 0 bridgehead atoms. The lowest BCUT2D eigenvalue weighted by Gasteiger charge is -2.25. The van der Waals surface area contributed by atoms with Gasteiger partial charge in [-0.1, -0.05) is 25.1 Å². The molecule has 0 aliphatic carbocycles. The summed E-state index contributed by atoms with van der Waals surface area (Å²) in [6, 6.07) is 14.6. The van der Waals surface area contributed by atoms with E-state index in [1.807, 2.05) is 49.6 Å². The number of rotatable bonds is 12. The topological polar surface area (TPSA) is 105 Å². The number of amides is 1. The van der Waals surface area contributed by atoms with Crippen LogP contribution in [0.25, 0.3) is 0 Å².